The molecule has 1 saturated carbocycles. The van der Waals surface area contributed by atoms with E-state index in [1.165, 1.54) is 24.0 Å². The second kappa shape index (κ2) is 3.45. The fourth-order valence-corrected chi connectivity index (χ4v) is 1.82. The molecule has 1 aliphatic rings. The molecule has 0 aliphatic heterocycles. The van der Waals surface area contributed by atoms with Crippen LogP contribution in [0.4, 0.5) is 5.69 Å². The number of hydrogen-bond acceptors (Lipinski definition) is 1. The summed E-state index contributed by atoms with van der Waals surface area (Å²) in [5.74, 6) is 0.741. The number of carbonyl (C=O) groups excluding carboxylic acids is 1. The minimum absolute atomic E-state index is 0.000969. The van der Waals surface area contributed by atoms with Crippen molar-refractivity contribution in [2.24, 2.45) is 0 Å². The first-order valence-electron chi connectivity index (χ1n) is 5.05. The summed E-state index contributed by atoms with van der Waals surface area (Å²) in [5.41, 5.74) is 3.59. The summed E-state index contributed by atoms with van der Waals surface area (Å²) >= 11 is 0. The Balaban J connectivity index is 2.31. The van der Waals surface area contributed by atoms with Gasteiger partial charge in [-0.25, -0.2) is 0 Å². The second-order valence-electron chi connectivity index (χ2n) is 3.98. The van der Waals surface area contributed by atoms with Crippen LogP contribution in [-0.2, 0) is 4.79 Å². The minimum Gasteiger partial charge on any atom is -0.326 e. The number of rotatable bonds is 2. The third kappa shape index (κ3) is 1.79. The lowest BCUT2D eigenvalue weighted by molar-refractivity contribution is -0.114. The van der Waals surface area contributed by atoms with Crippen molar-refractivity contribution in [3.8, 4) is 0 Å². The minimum atomic E-state index is 0.000969. The lowest BCUT2D eigenvalue weighted by atomic mass is 10.0. The zero-order chi connectivity index (χ0) is 10.1. The first kappa shape index (κ1) is 9.25. The van der Waals surface area contributed by atoms with Gasteiger partial charge in [0.05, 0.1) is 0 Å². The van der Waals surface area contributed by atoms with E-state index in [0.717, 1.165) is 11.6 Å². The Morgan fingerprint density at radius 2 is 2.14 bits per heavy atom. The molecule has 14 heavy (non-hydrogen) atoms. The van der Waals surface area contributed by atoms with Gasteiger partial charge < -0.3 is 5.32 Å². The SMILES string of the molecule is CC(=O)Nc1cccc(C2CC2)c1C. The number of anilines is 1. The first-order valence-corrected chi connectivity index (χ1v) is 5.05. The van der Waals surface area contributed by atoms with Gasteiger partial charge in [-0.15, -0.1) is 0 Å². The van der Waals surface area contributed by atoms with Crippen LogP contribution in [0.15, 0.2) is 18.2 Å². The molecule has 1 fully saturated rings. The lowest BCUT2D eigenvalue weighted by Gasteiger charge is -2.10. The molecule has 1 aliphatic carbocycles. The van der Waals surface area contributed by atoms with Crippen molar-refractivity contribution in [3.05, 3.63) is 29.3 Å². The Kier molecular flexibility index (Phi) is 2.28. The van der Waals surface area contributed by atoms with E-state index in [1.807, 2.05) is 12.1 Å². The van der Waals surface area contributed by atoms with E-state index in [4.69, 9.17) is 0 Å². The van der Waals surface area contributed by atoms with E-state index in [2.05, 4.69) is 18.3 Å². The summed E-state index contributed by atoms with van der Waals surface area (Å²) in [6.45, 7) is 3.63. The third-order valence-electron chi connectivity index (χ3n) is 2.70. The van der Waals surface area contributed by atoms with Crippen molar-refractivity contribution in [2.45, 2.75) is 32.6 Å². The largest absolute Gasteiger partial charge is 0.326 e. The summed E-state index contributed by atoms with van der Waals surface area (Å²) in [6.07, 6.45) is 2.59. The van der Waals surface area contributed by atoms with Crippen LogP contribution in [0, 0.1) is 6.92 Å². The summed E-state index contributed by atoms with van der Waals surface area (Å²) in [7, 11) is 0. The molecule has 0 heterocycles. The Morgan fingerprint density at radius 3 is 2.71 bits per heavy atom. The first-order chi connectivity index (χ1) is 6.68. The molecule has 1 aromatic rings. The van der Waals surface area contributed by atoms with Gasteiger partial charge in [-0.2, -0.15) is 0 Å². The molecule has 1 amide bonds. The van der Waals surface area contributed by atoms with Gasteiger partial charge in [0.25, 0.3) is 0 Å². The Hall–Kier alpha value is -1.31. The highest BCUT2D eigenvalue weighted by molar-refractivity contribution is 5.89. The molecule has 0 radical (unpaired) electrons. The summed E-state index contributed by atoms with van der Waals surface area (Å²) < 4.78 is 0. The van der Waals surface area contributed by atoms with Gasteiger partial charge in [-0.1, -0.05) is 12.1 Å². The molecule has 0 aromatic heterocycles. The molecule has 2 heteroatoms. The van der Waals surface area contributed by atoms with E-state index in [0.29, 0.717) is 0 Å². The predicted octanol–water partition coefficient (Wildman–Crippen LogP) is 2.83. The maximum Gasteiger partial charge on any atom is 0.221 e. The standard InChI is InChI=1S/C12H15NO/c1-8-11(10-6-7-10)4-3-5-12(8)13-9(2)14/h3-5,10H,6-7H2,1-2H3,(H,13,14). The van der Waals surface area contributed by atoms with E-state index in [1.54, 1.807) is 6.92 Å². The van der Waals surface area contributed by atoms with Gasteiger partial charge in [0, 0.05) is 12.6 Å². The normalized spacial score (nSPS) is 15.3. The maximum atomic E-state index is 11.0. The van der Waals surface area contributed by atoms with E-state index in [-0.39, 0.29) is 5.91 Å². The summed E-state index contributed by atoms with van der Waals surface area (Å²) in [6, 6.07) is 6.15. The van der Waals surface area contributed by atoms with Gasteiger partial charge in [0.1, 0.15) is 0 Å². The maximum absolute atomic E-state index is 11.0. The quantitative estimate of drug-likeness (QED) is 0.761. The molecule has 0 atom stereocenters. The van der Waals surface area contributed by atoms with E-state index < -0.39 is 0 Å². The number of nitrogens with one attached hydrogen (secondary N) is 1. The fraction of sp³-hybridized carbons (Fsp3) is 0.417. The highest BCUT2D eigenvalue weighted by Crippen LogP contribution is 2.42. The highest BCUT2D eigenvalue weighted by atomic mass is 16.1. The number of carbonyl (C=O) groups is 1. The van der Waals surface area contributed by atoms with Crippen LogP contribution < -0.4 is 5.32 Å². The molecule has 1 N–H and O–H groups in total. The van der Waals surface area contributed by atoms with Gasteiger partial charge >= 0.3 is 0 Å². The fourth-order valence-electron chi connectivity index (χ4n) is 1.82. The Labute approximate surface area is 84.3 Å². The van der Waals surface area contributed by atoms with Crippen molar-refractivity contribution < 1.29 is 4.79 Å². The van der Waals surface area contributed by atoms with Crippen molar-refractivity contribution in [3.63, 3.8) is 0 Å². The van der Waals surface area contributed by atoms with Gasteiger partial charge in [0.15, 0.2) is 0 Å². The zero-order valence-electron chi connectivity index (χ0n) is 8.63. The van der Waals surface area contributed by atoms with Crippen LogP contribution in [-0.4, -0.2) is 5.91 Å². The summed E-state index contributed by atoms with van der Waals surface area (Å²) in [4.78, 5) is 11.0. The van der Waals surface area contributed by atoms with Crippen LogP contribution in [0.3, 0.4) is 0 Å². The third-order valence-corrected chi connectivity index (χ3v) is 2.70. The number of benzene rings is 1. The molecule has 0 unspecified atom stereocenters. The smallest absolute Gasteiger partial charge is 0.221 e. The summed E-state index contributed by atoms with van der Waals surface area (Å²) in [5, 5.41) is 2.86. The van der Waals surface area contributed by atoms with E-state index in [9.17, 15) is 4.79 Å². The van der Waals surface area contributed by atoms with Gasteiger partial charge in [-0.3, -0.25) is 4.79 Å². The Morgan fingerprint density at radius 1 is 1.43 bits per heavy atom. The van der Waals surface area contributed by atoms with Crippen LogP contribution in [0.5, 0.6) is 0 Å². The molecular formula is C12H15NO. The molecule has 0 bridgehead atoms. The molecule has 2 rings (SSSR count). The van der Waals surface area contributed by atoms with E-state index >= 15 is 0 Å². The molecule has 0 spiro atoms. The monoisotopic (exact) mass is 189 g/mol. The average Bonchev–Trinajstić information content (AvgIpc) is 2.91. The highest BCUT2D eigenvalue weighted by Gasteiger charge is 2.25. The molecule has 1 aromatic carbocycles. The topological polar surface area (TPSA) is 29.1 Å². The van der Waals surface area contributed by atoms with Crippen LogP contribution >= 0.6 is 0 Å². The van der Waals surface area contributed by atoms with Crippen LogP contribution in [0.25, 0.3) is 0 Å². The number of hydrogen-bond donors (Lipinski definition) is 1. The molecule has 2 nitrogen and oxygen atoms in total. The van der Waals surface area contributed by atoms with Crippen LogP contribution in [0.1, 0.15) is 36.8 Å². The van der Waals surface area contributed by atoms with Crippen molar-refractivity contribution in [2.75, 3.05) is 5.32 Å². The van der Waals surface area contributed by atoms with Gasteiger partial charge in [0.2, 0.25) is 5.91 Å². The molecule has 74 valence electrons. The molecule has 0 saturated heterocycles. The second-order valence-corrected chi connectivity index (χ2v) is 3.98. The van der Waals surface area contributed by atoms with Crippen molar-refractivity contribution in [1.29, 1.82) is 0 Å². The Bertz CT molecular complexity index is 367. The zero-order valence-corrected chi connectivity index (χ0v) is 8.63. The molecular weight excluding hydrogens is 174 g/mol. The average molecular weight is 189 g/mol. The lowest BCUT2D eigenvalue weighted by Crippen LogP contribution is -2.07. The van der Waals surface area contributed by atoms with Crippen molar-refractivity contribution in [1.82, 2.24) is 0 Å². The van der Waals surface area contributed by atoms with Crippen molar-refractivity contribution >= 4 is 11.6 Å². The predicted molar refractivity (Wildman–Crippen MR) is 57.5 cm³/mol. The van der Waals surface area contributed by atoms with Crippen LogP contribution in [0.2, 0.25) is 0 Å². The van der Waals surface area contributed by atoms with Gasteiger partial charge in [-0.05, 0) is 42.9 Å². The number of amides is 1.